The Bertz CT molecular complexity index is 1070. The van der Waals surface area contributed by atoms with E-state index in [0.29, 0.717) is 17.9 Å². The fourth-order valence-corrected chi connectivity index (χ4v) is 5.75. The first-order valence-corrected chi connectivity index (χ1v) is 12.3. The van der Waals surface area contributed by atoms with Crippen LogP contribution in [0.2, 0.25) is 0 Å². The van der Waals surface area contributed by atoms with Crippen molar-refractivity contribution in [3.05, 3.63) is 52.3 Å². The molecule has 0 spiro atoms. The van der Waals surface area contributed by atoms with Gasteiger partial charge in [-0.25, -0.2) is 0 Å². The molecule has 0 bridgehead atoms. The molecule has 1 N–H and O–H groups in total. The van der Waals surface area contributed by atoms with E-state index in [9.17, 15) is 9.59 Å². The normalized spacial score (nSPS) is 10.9. The molecule has 3 rings (SSSR count). The number of nitrogens with one attached hydrogen (secondary N) is 1. The second-order valence-corrected chi connectivity index (χ2v) is 10.0. The van der Waals surface area contributed by atoms with Gasteiger partial charge in [0.05, 0.1) is 0 Å². The molecule has 0 saturated carbocycles. The zero-order valence-electron chi connectivity index (χ0n) is 17.1. The number of nitrogens with zero attached hydrogens (tertiary/aromatic N) is 1. The number of hydrogen-bond donors (Lipinski definition) is 1. The first kappa shape index (κ1) is 22.7. The number of unbranched alkanes of at least 4 members (excludes halogenated alkanes) is 3. The van der Waals surface area contributed by atoms with Gasteiger partial charge in [-0.2, -0.15) is 0 Å². The molecule has 1 aromatic heterocycles. The molecule has 0 aliphatic heterocycles. The summed E-state index contributed by atoms with van der Waals surface area (Å²) in [6.07, 6.45) is 3.92. The molecule has 8 heteroatoms. The maximum absolute atomic E-state index is 12.5. The number of aryl methyl sites for hydroxylation is 1. The molecule has 3 aromatic rings. The van der Waals surface area contributed by atoms with Crippen LogP contribution < -0.4 is 24.8 Å². The van der Waals surface area contributed by atoms with Gasteiger partial charge >= 0.3 is 191 Å². The molecule has 0 aliphatic rings. The quantitative estimate of drug-likeness (QED) is 0.316. The third kappa shape index (κ3) is 5.58. The van der Waals surface area contributed by atoms with Crippen molar-refractivity contribution in [2.75, 3.05) is 20.8 Å². The van der Waals surface area contributed by atoms with Crippen LogP contribution in [-0.4, -0.2) is 61.0 Å². The fourth-order valence-electron chi connectivity index (χ4n) is 3.17. The van der Waals surface area contributed by atoms with Crippen LogP contribution in [0.3, 0.4) is 0 Å². The van der Waals surface area contributed by atoms with Crippen LogP contribution in [0, 0.1) is 0 Å². The molecule has 0 saturated heterocycles. The Morgan fingerprint density at radius 3 is 2.50 bits per heavy atom. The van der Waals surface area contributed by atoms with Crippen molar-refractivity contribution >= 4 is 50.8 Å². The van der Waals surface area contributed by atoms with Gasteiger partial charge in [0.1, 0.15) is 0 Å². The Balaban J connectivity index is 1.40. The molecule has 30 heavy (non-hydrogen) atoms. The summed E-state index contributed by atoms with van der Waals surface area (Å²) >= 11 is 2.96. The monoisotopic (exact) mass is 541 g/mol. The molecule has 159 valence electrons. The van der Waals surface area contributed by atoms with Crippen molar-refractivity contribution in [1.29, 1.82) is 0 Å². The van der Waals surface area contributed by atoms with Crippen LogP contribution in [0.4, 0.5) is 0 Å². The molecule has 0 unspecified atom stereocenters. The van der Waals surface area contributed by atoms with Gasteiger partial charge in [0, 0.05) is 0 Å². The zero-order chi connectivity index (χ0) is 21.5. The average molecular weight is 539 g/mol. The number of hydrogen-bond acceptors (Lipinski definition) is 4. The molecule has 1 amide bonds. The van der Waals surface area contributed by atoms with Crippen LogP contribution >= 0.6 is 0 Å². The van der Waals surface area contributed by atoms with Gasteiger partial charge in [-0.05, 0) is 0 Å². The first-order chi connectivity index (χ1) is 14.5. The summed E-state index contributed by atoms with van der Waals surface area (Å²) in [5.41, 5.74) is 0.710. The van der Waals surface area contributed by atoms with Crippen molar-refractivity contribution < 1.29 is 14.3 Å². The minimum absolute atomic E-state index is 0.0539. The van der Waals surface area contributed by atoms with E-state index in [2.05, 4.69) is 21.3 Å². The summed E-state index contributed by atoms with van der Waals surface area (Å²) in [4.78, 5) is 24.9. The van der Waals surface area contributed by atoms with Gasteiger partial charge in [-0.15, -0.1) is 0 Å². The number of carbonyl (C=O) groups excluding carboxylic acids is 1. The van der Waals surface area contributed by atoms with E-state index in [4.69, 9.17) is 9.47 Å². The molecule has 1 radical (unpaired) electrons. The summed E-state index contributed by atoms with van der Waals surface area (Å²) in [6, 6.07) is 11.1. The molecular weight excluding hydrogens is 514 g/mol. The molecule has 2 aromatic carbocycles. The number of benzene rings is 2. The SMILES string of the molecule is COc1ccc([Se])c(C(=O)NCCCCCCn2[se]c3ccc(OC)cc3c2=O)c1. The van der Waals surface area contributed by atoms with Crippen molar-refractivity contribution in [3.63, 3.8) is 0 Å². The molecule has 0 atom stereocenters. The van der Waals surface area contributed by atoms with Crippen molar-refractivity contribution in [3.8, 4) is 11.5 Å². The number of ether oxygens (including phenoxy) is 2. The van der Waals surface area contributed by atoms with Gasteiger partial charge in [0.25, 0.3) is 0 Å². The topological polar surface area (TPSA) is 69.6 Å². The minimum atomic E-state index is -0.0961. The number of amides is 1. The van der Waals surface area contributed by atoms with Gasteiger partial charge in [-0.3, -0.25) is 0 Å². The Morgan fingerprint density at radius 2 is 1.73 bits per heavy atom. The summed E-state index contributed by atoms with van der Waals surface area (Å²) in [5.74, 6) is 1.29. The fraction of sp³-hybridized carbons (Fsp3) is 0.364. The molecule has 0 aliphatic carbocycles. The molecule has 6 nitrogen and oxygen atoms in total. The summed E-state index contributed by atoms with van der Waals surface area (Å²) in [5, 5.41) is 3.74. The van der Waals surface area contributed by atoms with Crippen LogP contribution in [0.5, 0.6) is 11.5 Å². The van der Waals surface area contributed by atoms with E-state index in [0.717, 1.165) is 52.1 Å². The third-order valence-corrected chi connectivity index (χ3v) is 7.96. The van der Waals surface area contributed by atoms with Crippen molar-refractivity contribution in [2.24, 2.45) is 0 Å². The van der Waals surface area contributed by atoms with E-state index in [1.165, 1.54) is 0 Å². The van der Waals surface area contributed by atoms with Crippen LogP contribution in [0.25, 0.3) is 9.65 Å². The Hall–Kier alpha value is -1.98. The van der Waals surface area contributed by atoms with E-state index in [1.807, 2.05) is 33.9 Å². The maximum atomic E-state index is 12.5. The molecule has 0 fully saturated rings. The number of methoxy groups -OCH3 is 2. The number of aromatic nitrogens is 1. The number of rotatable bonds is 10. The van der Waals surface area contributed by atoms with Crippen molar-refractivity contribution in [2.45, 2.75) is 32.2 Å². The first-order valence-electron chi connectivity index (χ1n) is 9.84. The average Bonchev–Trinajstić information content (AvgIpc) is 3.08. The van der Waals surface area contributed by atoms with Crippen molar-refractivity contribution in [1.82, 2.24) is 8.88 Å². The van der Waals surface area contributed by atoms with E-state index < -0.39 is 0 Å². The predicted octanol–water partition coefficient (Wildman–Crippen LogP) is 1.86. The Morgan fingerprint density at radius 1 is 1.03 bits per heavy atom. The summed E-state index contributed by atoms with van der Waals surface area (Å²) in [6.45, 7) is 1.41. The van der Waals surface area contributed by atoms with Gasteiger partial charge in [0.15, 0.2) is 0 Å². The standard InChI is InChI=1S/C22H25N2O4Se2/c1-27-15-7-9-19(29)17(13-15)21(25)23-11-5-3-4-6-12-24-22(26)18-14-16(28-2)8-10-20(18)30-24/h7-10,13-14H,3-6,11-12H2,1-2H3,(H,23,25). The van der Waals surface area contributed by atoms with Crippen LogP contribution in [0.15, 0.2) is 41.2 Å². The second kappa shape index (κ2) is 10.9. The number of carbonyl (C=O) groups is 1. The second-order valence-electron chi connectivity index (χ2n) is 6.89. The van der Waals surface area contributed by atoms with Crippen LogP contribution in [0.1, 0.15) is 36.0 Å². The zero-order valence-corrected chi connectivity index (χ0v) is 20.5. The van der Waals surface area contributed by atoms with Gasteiger partial charge in [-0.1, -0.05) is 0 Å². The predicted molar refractivity (Wildman–Crippen MR) is 121 cm³/mol. The van der Waals surface area contributed by atoms with Crippen LogP contribution in [-0.2, 0) is 6.54 Å². The third-order valence-electron chi connectivity index (χ3n) is 4.86. The van der Waals surface area contributed by atoms with E-state index in [1.54, 1.807) is 20.3 Å². The Labute approximate surface area is 190 Å². The Kier molecular flexibility index (Phi) is 8.23. The summed E-state index contributed by atoms with van der Waals surface area (Å²) in [7, 11) is 3.20. The van der Waals surface area contributed by atoms with E-state index in [-0.39, 0.29) is 26.2 Å². The van der Waals surface area contributed by atoms with E-state index >= 15 is 0 Å². The molecule has 1 heterocycles. The summed E-state index contributed by atoms with van der Waals surface area (Å²) < 4.78 is 14.3. The molecular formula is C22H25N2O4Se2. The van der Waals surface area contributed by atoms with Gasteiger partial charge < -0.3 is 0 Å². The number of fused-ring (bicyclic) bond motifs is 1. The van der Waals surface area contributed by atoms with Gasteiger partial charge in [0.2, 0.25) is 0 Å².